The van der Waals surface area contributed by atoms with Crippen molar-refractivity contribution in [1.29, 1.82) is 0 Å². The van der Waals surface area contributed by atoms with Crippen molar-refractivity contribution in [3.05, 3.63) is 36.1 Å². The average Bonchev–Trinajstić information content (AvgIpc) is 2.69. The van der Waals surface area contributed by atoms with Gasteiger partial charge in [-0.1, -0.05) is 18.2 Å². The summed E-state index contributed by atoms with van der Waals surface area (Å²) in [5, 5.41) is 4.75. The zero-order chi connectivity index (χ0) is 12.5. The number of rotatable bonds is 2. The van der Waals surface area contributed by atoms with E-state index >= 15 is 0 Å². The summed E-state index contributed by atoms with van der Waals surface area (Å²) < 4.78 is 5.88. The van der Waals surface area contributed by atoms with Gasteiger partial charge in [0.1, 0.15) is 11.3 Å². The minimum atomic E-state index is 0. The zero-order valence-corrected chi connectivity index (χ0v) is 12.2. The molecule has 2 atom stereocenters. The molecule has 1 fully saturated rings. The summed E-state index contributed by atoms with van der Waals surface area (Å²) in [7, 11) is 0. The van der Waals surface area contributed by atoms with Crippen LogP contribution in [-0.4, -0.2) is 30.1 Å². The summed E-state index contributed by atoms with van der Waals surface area (Å²) in [4.78, 5) is 2.46. The molecule has 0 bridgehead atoms. The Labute approximate surface area is 120 Å². The first-order valence-corrected chi connectivity index (χ1v) is 6.66. The molecule has 19 heavy (non-hydrogen) atoms. The van der Waals surface area contributed by atoms with Crippen molar-refractivity contribution in [1.82, 2.24) is 10.2 Å². The van der Waals surface area contributed by atoms with Gasteiger partial charge in [0.2, 0.25) is 0 Å². The molecule has 1 aliphatic heterocycles. The van der Waals surface area contributed by atoms with Gasteiger partial charge in [0.15, 0.2) is 0 Å². The van der Waals surface area contributed by atoms with Gasteiger partial charge in [-0.05, 0) is 26.0 Å². The summed E-state index contributed by atoms with van der Waals surface area (Å²) in [6, 6.07) is 11.5. The normalized spacial score (nSPS) is 24.3. The van der Waals surface area contributed by atoms with E-state index in [1.54, 1.807) is 0 Å². The number of piperazine rings is 1. The molecule has 1 saturated heterocycles. The number of benzene rings is 1. The first-order valence-electron chi connectivity index (χ1n) is 6.66. The Morgan fingerprint density at radius 3 is 2.58 bits per heavy atom. The standard InChI is InChI=1S/C15H20N2O.ClH/c1-11-8-17(9-12(2)16-11)10-14-7-13-5-3-4-6-15(13)18-14;/h3-7,11-12,16H,8-10H2,1-2H3;1H. The number of hydrogen-bond donors (Lipinski definition) is 1. The number of hydrogen-bond acceptors (Lipinski definition) is 3. The summed E-state index contributed by atoms with van der Waals surface area (Å²) in [5.74, 6) is 1.07. The van der Waals surface area contributed by atoms with Gasteiger partial charge >= 0.3 is 0 Å². The lowest BCUT2D eigenvalue weighted by atomic mass is 10.1. The molecule has 0 amide bonds. The number of furan rings is 1. The van der Waals surface area contributed by atoms with E-state index in [-0.39, 0.29) is 12.4 Å². The molecular weight excluding hydrogens is 260 g/mol. The third-order valence-corrected chi connectivity index (χ3v) is 3.49. The molecule has 0 radical (unpaired) electrons. The molecule has 4 heteroatoms. The van der Waals surface area contributed by atoms with E-state index in [1.165, 1.54) is 5.39 Å². The van der Waals surface area contributed by atoms with Crippen molar-refractivity contribution in [2.75, 3.05) is 13.1 Å². The Balaban J connectivity index is 0.00000133. The highest BCUT2D eigenvalue weighted by atomic mass is 35.5. The number of halogens is 1. The second-order valence-electron chi connectivity index (χ2n) is 5.41. The third-order valence-electron chi connectivity index (χ3n) is 3.49. The van der Waals surface area contributed by atoms with E-state index in [1.807, 2.05) is 12.1 Å². The van der Waals surface area contributed by atoms with E-state index in [9.17, 15) is 0 Å². The number of nitrogens with one attached hydrogen (secondary N) is 1. The van der Waals surface area contributed by atoms with Crippen molar-refractivity contribution in [2.24, 2.45) is 0 Å². The van der Waals surface area contributed by atoms with Crippen LogP contribution in [0.4, 0.5) is 0 Å². The SMILES string of the molecule is CC1CN(Cc2cc3ccccc3o2)CC(C)N1.Cl. The van der Waals surface area contributed by atoms with E-state index < -0.39 is 0 Å². The van der Waals surface area contributed by atoms with Gasteiger partial charge in [0, 0.05) is 30.6 Å². The van der Waals surface area contributed by atoms with Gasteiger partial charge in [0.05, 0.1) is 6.54 Å². The highest BCUT2D eigenvalue weighted by Crippen LogP contribution is 2.20. The Morgan fingerprint density at radius 1 is 1.21 bits per heavy atom. The summed E-state index contributed by atoms with van der Waals surface area (Å²) in [6.07, 6.45) is 0. The first-order chi connectivity index (χ1) is 8.70. The minimum absolute atomic E-state index is 0. The fourth-order valence-corrected chi connectivity index (χ4v) is 2.90. The van der Waals surface area contributed by atoms with Crippen LogP contribution < -0.4 is 5.32 Å². The van der Waals surface area contributed by atoms with E-state index in [0.29, 0.717) is 12.1 Å². The molecule has 3 nitrogen and oxygen atoms in total. The molecule has 104 valence electrons. The molecule has 0 saturated carbocycles. The topological polar surface area (TPSA) is 28.4 Å². The molecule has 1 aromatic carbocycles. The number of para-hydroxylation sites is 1. The zero-order valence-electron chi connectivity index (χ0n) is 11.4. The lowest BCUT2D eigenvalue weighted by molar-refractivity contribution is 0.157. The van der Waals surface area contributed by atoms with E-state index in [0.717, 1.165) is 31.0 Å². The second-order valence-corrected chi connectivity index (χ2v) is 5.41. The Kier molecular flexibility index (Phi) is 4.50. The highest BCUT2D eigenvalue weighted by Gasteiger charge is 2.21. The summed E-state index contributed by atoms with van der Waals surface area (Å²) in [6.45, 7) is 7.55. The molecular formula is C15H21ClN2O. The number of nitrogens with zero attached hydrogens (tertiary/aromatic N) is 1. The fraction of sp³-hybridized carbons (Fsp3) is 0.467. The van der Waals surface area contributed by atoms with E-state index in [4.69, 9.17) is 4.42 Å². The molecule has 3 rings (SSSR count). The van der Waals surface area contributed by atoms with Crippen molar-refractivity contribution < 1.29 is 4.42 Å². The molecule has 0 aliphatic carbocycles. The maximum Gasteiger partial charge on any atom is 0.134 e. The van der Waals surface area contributed by atoms with Crippen LogP contribution in [0, 0.1) is 0 Å². The largest absolute Gasteiger partial charge is 0.460 e. The fourth-order valence-electron chi connectivity index (χ4n) is 2.90. The molecule has 2 heterocycles. The van der Waals surface area contributed by atoms with Gasteiger partial charge < -0.3 is 9.73 Å². The van der Waals surface area contributed by atoms with Crippen LogP contribution >= 0.6 is 12.4 Å². The van der Waals surface area contributed by atoms with E-state index in [2.05, 4.69) is 42.3 Å². The maximum atomic E-state index is 5.88. The highest BCUT2D eigenvalue weighted by molar-refractivity contribution is 5.85. The predicted octanol–water partition coefficient (Wildman–Crippen LogP) is 3.04. The van der Waals surface area contributed by atoms with Crippen molar-refractivity contribution >= 4 is 23.4 Å². The van der Waals surface area contributed by atoms with Crippen molar-refractivity contribution in [3.8, 4) is 0 Å². The van der Waals surface area contributed by atoms with Gasteiger partial charge in [-0.25, -0.2) is 0 Å². The van der Waals surface area contributed by atoms with Gasteiger partial charge in [-0.2, -0.15) is 0 Å². The Morgan fingerprint density at radius 2 is 1.89 bits per heavy atom. The monoisotopic (exact) mass is 280 g/mol. The quantitative estimate of drug-likeness (QED) is 0.917. The lowest BCUT2D eigenvalue weighted by Gasteiger charge is -2.35. The maximum absolute atomic E-state index is 5.88. The molecule has 0 spiro atoms. The molecule has 2 aromatic rings. The lowest BCUT2D eigenvalue weighted by Crippen LogP contribution is -2.53. The molecule has 1 aromatic heterocycles. The van der Waals surface area contributed by atoms with Crippen LogP contribution in [0.25, 0.3) is 11.0 Å². The van der Waals surface area contributed by atoms with Crippen LogP contribution in [0.15, 0.2) is 34.7 Å². The number of fused-ring (bicyclic) bond motifs is 1. The minimum Gasteiger partial charge on any atom is -0.460 e. The van der Waals surface area contributed by atoms with Crippen LogP contribution in [0.2, 0.25) is 0 Å². The first kappa shape index (κ1) is 14.4. The summed E-state index contributed by atoms with van der Waals surface area (Å²) in [5.41, 5.74) is 0.990. The van der Waals surface area contributed by atoms with Gasteiger partial charge in [-0.15, -0.1) is 12.4 Å². The van der Waals surface area contributed by atoms with Crippen molar-refractivity contribution in [2.45, 2.75) is 32.5 Å². The third kappa shape index (κ3) is 3.30. The molecule has 1 N–H and O–H groups in total. The summed E-state index contributed by atoms with van der Waals surface area (Å²) >= 11 is 0. The second kappa shape index (κ2) is 5.95. The van der Waals surface area contributed by atoms with Crippen LogP contribution in [0.3, 0.4) is 0 Å². The van der Waals surface area contributed by atoms with Crippen LogP contribution in [0.5, 0.6) is 0 Å². The van der Waals surface area contributed by atoms with Gasteiger partial charge in [0.25, 0.3) is 0 Å². The molecule has 1 aliphatic rings. The Bertz CT molecular complexity index is 497. The Hall–Kier alpha value is -1.03. The average molecular weight is 281 g/mol. The van der Waals surface area contributed by atoms with Crippen LogP contribution in [-0.2, 0) is 6.54 Å². The van der Waals surface area contributed by atoms with Crippen molar-refractivity contribution in [3.63, 3.8) is 0 Å². The van der Waals surface area contributed by atoms with Gasteiger partial charge in [-0.3, -0.25) is 4.90 Å². The smallest absolute Gasteiger partial charge is 0.134 e. The predicted molar refractivity (Wildman–Crippen MR) is 80.8 cm³/mol. The van der Waals surface area contributed by atoms with Crippen LogP contribution in [0.1, 0.15) is 19.6 Å². The molecule has 2 unspecified atom stereocenters.